The van der Waals surface area contributed by atoms with Crippen LogP contribution in [0.4, 0.5) is 0 Å². The number of fused-ring (bicyclic) bond motifs is 3. The normalized spacial score (nSPS) is 10.9. The van der Waals surface area contributed by atoms with Crippen LogP contribution in [0.1, 0.15) is 0 Å². The highest BCUT2D eigenvalue weighted by molar-refractivity contribution is 6.09. The second-order valence-corrected chi connectivity index (χ2v) is 3.63. The molecule has 0 aliphatic carbocycles. The number of nitrogens with zero attached hydrogens (tertiary/aromatic N) is 2. The topological polar surface area (TPSA) is 60.0 Å². The second-order valence-electron chi connectivity index (χ2n) is 3.63. The van der Waals surface area contributed by atoms with Gasteiger partial charge in [0.25, 0.3) is 0 Å². The monoisotopic (exact) mass is 229 g/mol. The molecule has 1 N–H and O–H groups in total. The largest absolute Gasteiger partial charge is 0.496 e. The standard InChI is InChI=1S/C12H11N3O2/c1-16-9-3-4-13-12-11(9)7-5-10(17-2)14-6-8(7)15-12/h3-6H,1-2H3,(H,13,15). The summed E-state index contributed by atoms with van der Waals surface area (Å²) in [4.78, 5) is 11.6. The SMILES string of the molecule is COc1cc2c(cn1)[nH]c1nccc(OC)c12. The molecule has 3 aromatic heterocycles. The van der Waals surface area contributed by atoms with E-state index < -0.39 is 0 Å². The summed E-state index contributed by atoms with van der Waals surface area (Å²) in [5.41, 5.74) is 1.70. The molecule has 17 heavy (non-hydrogen) atoms. The minimum Gasteiger partial charge on any atom is -0.496 e. The first-order valence-corrected chi connectivity index (χ1v) is 5.18. The van der Waals surface area contributed by atoms with Gasteiger partial charge in [-0.3, -0.25) is 0 Å². The van der Waals surface area contributed by atoms with Crippen LogP contribution in [-0.2, 0) is 0 Å². The number of aromatic amines is 1. The first-order valence-electron chi connectivity index (χ1n) is 5.18. The number of methoxy groups -OCH3 is 2. The van der Waals surface area contributed by atoms with Crippen LogP contribution in [0.15, 0.2) is 24.5 Å². The Labute approximate surface area is 97.4 Å². The summed E-state index contributed by atoms with van der Waals surface area (Å²) in [7, 11) is 3.24. The van der Waals surface area contributed by atoms with Crippen molar-refractivity contribution >= 4 is 21.9 Å². The lowest BCUT2D eigenvalue weighted by Crippen LogP contribution is -1.86. The molecule has 0 radical (unpaired) electrons. The van der Waals surface area contributed by atoms with Crippen LogP contribution in [0.25, 0.3) is 21.9 Å². The van der Waals surface area contributed by atoms with Gasteiger partial charge in [0, 0.05) is 17.6 Å². The van der Waals surface area contributed by atoms with Crippen molar-refractivity contribution in [2.24, 2.45) is 0 Å². The van der Waals surface area contributed by atoms with Gasteiger partial charge in [0.05, 0.1) is 31.3 Å². The van der Waals surface area contributed by atoms with E-state index in [1.165, 1.54) is 0 Å². The highest BCUT2D eigenvalue weighted by atomic mass is 16.5. The van der Waals surface area contributed by atoms with Crippen molar-refractivity contribution in [2.45, 2.75) is 0 Å². The van der Waals surface area contributed by atoms with Crippen molar-refractivity contribution in [1.29, 1.82) is 0 Å². The van der Waals surface area contributed by atoms with E-state index in [0.29, 0.717) is 5.88 Å². The van der Waals surface area contributed by atoms with E-state index in [1.54, 1.807) is 26.6 Å². The first kappa shape index (κ1) is 9.89. The van der Waals surface area contributed by atoms with Crippen LogP contribution >= 0.6 is 0 Å². The molecule has 3 rings (SSSR count). The summed E-state index contributed by atoms with van der Waals surface area (Å²) < 4.78 is 10.5. The van der Waals surface area contributed by atoms with E-state index in [2.05, 4.69) is 15.0 Å². The van der Waals surface area contributed by atoms with Crippen LogP contribution in [-0.4, -0.2) is 29.2 Å². The Morgan fingerprint density at radius 2 is 2.06 bits per heavy atom. The van der Waals surface area contributed by atoms with Crippen molar-refractivity contribution < 1.29 is 9.47 Å². The van der Waals surface area contributed by atoms with E-state index in [1.807, 2.05) is 12.1 Å². The quantitative estimate of drug-likeness (QED) is 0.731. The van der Waals surface area contributed by atoms with Gasteiger partial charge in [0.1, 0.15) is 11.4 Å². The molecule has 0 saturated carbocycles. The van der Waals surface area contributed by atoms with Crippen LogP contribution in [0.3, 0.4) is 0 Å². The van der Waals surface area contributed by atoms with Gasteiger partial charge in [-0.25, -0.2) is 9.97 Å². The Bertz CT molecular complexity index is 691. The summed E-state index contributed by atoms with van der Waals surface area (Å²) >= 11 is 0. The fourth-order valence-electron chi connectivity index (χ4n) is 1.95. The smallest absolute Gasteiger partial charge is 0.213 e. The number of aromatic nitrogens is 3. The maximum absolute atomic E-state index is 5.35. The van der Waals surface area contributed by atoms with E-state index in [-0.39, 0.29) is 0 Å². The molecule has 0 amide bonds. The Hall–Kier alpha value is -2.30. The fourth-order valence-corrected chi connectivity index (χ4v) is 1.95. The molecule has 0 fully saturated rings. The molecule has 0 aliphatic heterocycles. The fraction of sp³-hybridized carbons (Fsp3) is 0.167. The molecule has 3 aromatic rings. The summed E-state index contributed by atoms with van der Waals surface area (Å²) in [6, 6.07) is 3.71. The third-order valence-electron chi connectivity index (χ3n) is 2.74. The zero-order valence-electron chi connectivity index (χ0n) is 9.52. The molecule has 0 bridgehead atoms. The summed E-state index contributed by atoms with van der Waals surface area (Å²) in [6.07, 6.45) is 3.44. The minimum atomic E-state index is 0.573. The number of pyridine rings is 2. The van der Waals surface area contributed by atoms with Crippen molar-refractivity contribution in [2.75, 3.05) is 14.2 Å². The van der Waals surface area contributed by atoms with Crippen LogP contribution in [0.5, 0.6) is 11.6 Å². The Morgan fingerprint density at radius 3 is 2.82 bits per heavy atom. The van der Waals surface area contributed by atoms with Gasteiger partial charge in [-0.2, -0.15) is 0 Å². The van der Waals surface area contributed by atoms with Gasteiger partial charge in [0.15, 0.2) is 0 Å². The highest BCUT2D eigenvalue weighted by Crippen LogP contribution is 2.32. The molecule has 0 atom stereocenters. The highest BCUT2D eigenvalue weighted by Gasteiger charge is 2.11. The van der Waals surface area contributed by atoms with Gasteiger partial charge in [-0.15, -0.1) is 0 Å². The van der Waals surface area contributed by atoms with Crippen LogP contribution in [0.2, 0.25) is 0 Å². The van der Waals surface area contributed by atoms with E-state index in [9.17, 15) is 0 Å². The zero-order valence-corrected chi connectivity index (χ0v) is 9.52. The average Bonchev–Trinajstić information content (AvgIpc) is 2.75. The third-order valence-corrected chi connectivity index (χ3v) is 2.74. The lowest BCUT2D eigenvalue weighted by molar-refractivity contribution is 0.398. The molecule has 3 heterocycles. The van der Waals surface area contributed by atoms with Crippen molar-refractivity contribution in [3.05, 3.63) is 24.5 Å². The molecule has 0 saturated heterocycles. The van der Waals surface area contributed by atoms with E-state index in [0.717, 1.165) is 27.7 Å². The molecule has 5 nitrogen and oxygen atoms in total. The van der Waals surface area contributed by atoms with Crippen molar-refractivity contribution in [1.82, 2.24) is 15.0 Å². The Balaban J connectivity index is 2.46. The number of nitrogens with one attached hydrogen (secondary N) is 1. The van der Waals surface area contributed by atoms with Gasteiger partial charge in [0.2, 0.25) is 5.88 Å². The number of H-pyrrole nitrogens is 1. The third kappa shape index (κ3) is 1.39. The number of hydrogen-bond donors (Lipinski definition) is 1. The Morgan fingerprint density at radius 1 is 1.18 bits per heavy atom. The molecule has 0 unspecified atom stereocenters. The van der Waals surface area contributed by atoms with Crippen molar-refractivity contribution in [3.8, 4) is 11.6 Å². The van der Waals surface area contributed by atoms with Gasteiger partial charge < -0.3 is 14.5 Å². The van der Waals surface area contributed by atoms with Gasteiger partial charge in [-0.1, -0.05) is 0 Å². The molecule has 0 aliphatic rings. The number of hydrogen-bond acceptors (Lipinski definition) is 4. The van der Waals surface area contributed by atoms with Gasteiger partial charge in [-0.05, 0) is 6.07 Å². The molecular formula is C12H11N3O2. The lowest BCUT2D eigenvalue weighted by Gasteiger charge is -2.01. The summed E-state index contributed by atoms with van der Waals surface area (Å²) in [5.74, 6) is 1.36. The minimum absolute atomic E-state index is 0.573. The molecular weight excluding hydrogens is 218 g/mol. The Kier molecular flexibility index (Phi) is 2.11. The zero-order chi connectivity index (χ0) is 11.8. The molecule has 86 valence electrons. The van der Waals surface area contributed by atoms with E-state index in [4.69, 9.17) is 9.47 Å². The predicted molar refractivity (Wildman–Crippen MR) is 64.5 cm³/mol. The maximum atomic E-state index is 5.35. The molecule has 0 aromatic carbocycles. The lowest BCUT2D eigenvalue weighted by atomic mass is 10.2. The van der Waals surface area contributed by atoms with Crippen molar-refractivity contribution in [3.63, 3.8) is 0 Å². The van der Waals surface area contributed by atoms with Crippen LogP contribution in [0, 0.1) is 0 Å². The van der Waals surface area contributed by atoms with E-state index >= 15 is 0 Å². The summed E-state index contributed by atoms with van der Waals surface area (Å²) in [5, 5.41) is 1.95. The summed E-state index contributed by atoms with van der Waals surface area (Å²) in [6.45, 7) is 0. The first-order chi connectivity index (χ1) is 8.33. The average molecular weight is 229 g/mol. The van der Waals surface area contributed by atoms with Crippen LogP contribution < -0.4 is 9.47 Å². The predicted octanol–water partition coefficient (Wildman–Crippen LogP) is 2.13. The molecule has 5 heteroatoms. The number of ether oxygens (including phenoxy) is 2. The maximum Gasteiger partial charge on any atom is 0.213 e. The second kappa shape index (κ2) is 3.62. The molecule has 0 spiro atoms. The number of rotatable bonds is 2. The van der Waals surface area contributed by atoms with Gasteiger partial charge >= 0.3 is 0 Å².